The third kappa shape index (κ3) is 4.77. The highest BCUT2D eigenvalue weighted by atomic mass is 16.5. The third-order valence-electron chi connectivity index (χ3n) is 1.78. The fourth-order valence-electron chi connectivity index (χ4n) is 1.16. The molecule has 18 heavy (non-hydrogen) atoms. The number of nitrogens with zero attached hydrogens (tertiary/aromatic N) is 1. The van der Waals surface area contributed by atoms with E-state index >= 15 is 0 Å². The number of carbonyl (C=O) groups excluding carboxylic acids is 3. The van der Waals surface area contributed by atoms with Crippen molar-refractivity contribution in [2.75, 3.05) is 6.61 Å². The molecule has 7 heteroatoms. The van der Waals surface area contributed by atoms with E-state index in [1.165, 1.54) is 0 Å². The minimum atomic E-state index is -1.45. The number of carbonyl (C=O) groups is 4. The number of amides is 2. The minimum absolute atomic E-state index is 0.0689. The molecule has 0 unspecified atom stereocenters. The molecule has 0 aromatic rings. The molecule has 0 aliphatic carbocycles. The van der Waals surface area contributed by atoms with Crippen LogP contribution in [0, 0.1) is 0 Å². The Bertz CT molecular complexity index is 384. The Balaban J connectivity index is 5.34. The Morgan fingerprint density at radius 3 is 2.00 bits per heavy atom. The Kier molecular flexibility index (Phi) is 6.33. The van der Waals surface area contributed by atoms with E-state index in [2.05, 4.69) is 0 Å². The number of carboxylic acids is 1. The molecule has 0 rings (SSSR count). The summed E-state index contributed by atoms with van der Waals surface area (Å²) in [6.45, 7) is 3.91. The normalized spacial score (nSPS) is 10.7. The van der Waals surface area contributed by atoms with Gasteiger partial charge in [0.2, 0.25) is 11.8 Å². The lowest BCUT2D eigenvalue weighted by molar-refractivity contribution is -0.149. The van der Waals surface area contributed by atoms with E-state index < -0.39 is 29.5 Å². The van der Waals surface area contributed by atoms with Gasteiger partial charge in [0.05, 0.1) is 12.7 Å². The summed E-state index contributed by atoms with van der Waals surface area (Å²) in [6.07, 6.45) is 1.01. The fourth-order valence-corrected chi connectivity index (χ4v) is 1.16. The maximum absolute atomic E-state index is 11.6. The van der Waals surface area contributed by atoms with Crippen molar-refractivity contribution >= 4 is 23.8 Å². The van der Waals surface area contributed by atoms with Gasteiger partial charge in [-0.05, 0) is 6.42 Å². The van der Waals surface area contributed by atoms with Gasteiger partial charge in [-0.15, -0.1) is 0 Å². The molecule has 100 valence electrons. The van der Waals surface area contributed by atoms with Gasteiger partial charge in [-0.1, -0.05) is 6.92 Å². The molecule has 0 aromatic heterocycles. The highest BCUT2D eigenvalue weighted by molar-refractivity contribution is 6.06. The first-order valence-electron chi connectivity index (χ1n) is 5.24. The van der Waals surface area contributed by atoms with Gasteiger partial charge in [-0.3, -0.25) is 9.59 Å². The predicted octanol–water partition coefficient (Wildman–Crippen LogP) is 0.303. The second-order valence-corrected chi connectivity index (χ2v) is 3.38. The molecule has 0 atom stereocenters. The highest BCUT2D eigenvalue weighted by Gasteiger charge is 2.26. The number of rotatable bonds is 5. The molecule has 0 saturated heterocycles. The summed E-state index contributed by atoms with van der Waals surface area (Å²) in [4.78, 5) is 45.2. The molecule has 0 aliphatic heterocycles. The predicted molar refractivity (Wildman–Crippen MR) is 60.2 cm³/mol. The molecule has 0 spiro atoms. The van der Waals surface area contributed by atoms with E-state index in [0.717, 1.165) is 13.8 Å². The zero-order valence-corrected chi connectivity index (χ0v) is 10.4. The fraction of sp³-hybridized carbons (Fsp3) is 0.455. The molecule has 2 amide bonds. The van der Waals surface area contributed by atoms with Crippen LogP contribution in [0.3, 0.4) is 0 Å². The molecule has 0 heterocycles. The van der Waals surface area contributed by atoms with Crippen molar-refractivity contribution < 1.29 is 29.0 Å². The molecule has 0 bridgehead atoms. The summed E-state index contributed by atoms with van der Waals surface area (Å²) >= 11 is 0. The zero-order chi connectivity index (χ0) is 14.3. The standard InChI is InChI=1S/C11H15NO6/c1-4-5-18-11(17)9(6-10(15)16)12(7(2)13)8(3)14/h6H,4-5H2,1-3H3,(H,15,16)/b9-6-. The lowest BCUT2D eigenvalue weighted by Gasteiger charge is -2.18. The van der Waals surface area contributed by atoms with Gasteiger partial charge in [-0.2, -0.15) is 0 Å². The van der Waals surface area contributed by atoms with Crippen LogP contribution in [-0.2, 0) is 23.9 Å². The molecule has 7 nitrogen and oxygen atoms in total. The SMILES string of the molecule is CCCOC(=O)/C(=C/C(=O)O)N(C(C)=O)C(C)=O. The van der Waals surface area contributed by atoms with Gasteiger partial charge in [0.15, 0.2) is 0 Å². The van der Waals surface area contributed by atoms with Crippen LogP contribution in [0.25, 0.3) is 0 Å². The first-order chi connectivity index (χ1) is 8.31. The average Bonchev–Trinajstić information content (AvgIpc) is 2.23. The van der Waals surface area contributed by atoms with E-state index in [9.17, 15) is 19.2 Å². The van der Waals surface area contributed by atoms with Crippen molar-refractivity contribution in [1.82, 2.24) is 4.90 Å². The van der Waals surface area contributed by atoms with Crippen molar-refractivity contribution in [3.63, 3.8) is 0 Å². The topological polar surface area (TPSA) is 101 Å². The first-order valence-corrected chi connectivity index (χ1v) is 5.24. The summed E-state index contributed by atoms with van der Waals surface area (Å²) in [6, 6.07) is 0. The highest BCUT2D eigenvalue weighted by Crippen LogP contribution is 2.09. The van der Waals surface area contributed by atoms with Gasteiger partial charge in [0, 0.05) is 13.8 Å². The molecule has 0 aliphatic rings. The molecule has 0 fully saturated rings. The van der Waals surface area contributed by atoms with Crippen molar-refractivity contribution in [3.05, 3.63) is 11.8 Å². The van der Waals surface area contributed by atoms with Crippen molar-refractivity contribution in [1.29, 1.82) is 0 Å². The summed E-state index contributed by atoms with van der Waals surface area (Å²) in [5.74, 6) is -4.00. The van der Waals surface area contributed by atoms with E-state index in [-0.39, 0.29) is 6.61 Å². The lowest BCUT2D eigenvalue weighted by atomic mass is 10.3. The average molecular weight is 257 g/mol. The molecular formula is C11H15NO6. The number of aliphatic carboxylic acids is 1. The number of carboxylic acid groups (broad SMARTS) is 1. The number of esters is 1. The monoisotopic (exact) mass is 257 g/mol. The smallest absolute Gasteiger partial charge is 0.355 e. The first kappa shape index (κ1) is 15.8. The molecule has 1 N–H and O–H groups in total. The van der Waals surface area contributed by atoms with Gasteiger partial charge in [0.1, 0.15) is 5.70 Å². The minimum Gasteiger partial charge on any atom is -0.478 e. The second-order valence-electron chi connectivity index (χ2n) is 3.38. The van der Waals surface area contributed by atoms with Gasteiger partial charge < -0.3 is 9.84 Å². The largest absolute Gasteiger partial charge is 0.478 e. The Morgan fingerprint density at radius 1 is 1.17 bits per heavy atom. The van der Waals surface area contributed by atoms with Crippen LogP contribution in [0.2, 0.25) is 0 Å². The van der Waals surface area contributed by atoms with E-state index in [0.29, 0.717) is 17.4 Å². The maximum atomic E-state index is 11.6. The summed E-state index contributed by atoms with van der Waals surface area (Å²) in [7, 11) is 0. The van der Waals surface area contributed by atoms with E-state index in [4.69, 9.17) is 9.84 Å². The van der Waals surface area contributed by atoms with Crippen LogP contribution in [0.1, 0.15) is 27.2 Å². The van der Waals surface area contributed by atoms with E-state index in [1.807, 2.05) is 0 Å². The Morgan fingerprint density at radius 2 is 1.67 bits per heavy atom. The quantitative estimate of drug-likeness (QED) is 0.561. The summed E-state index contributed by atoms with van der Waals surface area (Å²) in [5, 5.41) is 8.64. The molecule has 0 aromatic carbocycles. The van der Waals surface area contributed by atoms with Gasteiger partial charge in [0.25, 0.3) is 0 Å². The van der Waals surface area contributed by atoms with Gasteiger partial charge in [-0.25, -0.2) is 14.5 Å². The van der Waals surface area contributed by atoms with Crippen LogP contribution in [0.4, 0.5) is 0 Å². The Labute approximate surface area is 104 Å². The third-order valence-corrected chi connectivity index (χ3v) is 1.78. The lowest BCUT2D eigenvalue weighted by Crippen LogP contribution is -2.37. The van der Waals surface area contributed by atoms with Gasteiger partial charge >= 0.3 is 11.9 Å². The Hall–Kier alpha value is -2.18. The number of hydrogen-bond donors (Lipinski definition) is 1. The second kappa shape index (κ2) is 7.21. The van der Waals surface area contributed by atoms with Crippen LogP contribution in [0.15, 0.2) is 11.8 Å². The zero-order valence-electron chi connectivity index (χ0n) is 10.4. The summed E-state index contributed by atoms with van der Waals surface area (Å²) in [5.41, 5.74) is -0.601. The van der Waals surface area contributed by atoms with Crippen LogP contribution in [-0.4, -0.2) is 40.4 Å². The van der Waals surface area contributed by atoms with Crippen molar-refractivity contribution in [2.24, 2.45) is 0 Å². The molecule has 0 radical (unpaired) electrons. The maximum Gasteiger partial charge on any atom is 0.355 e. The van der Waals surface area contributed by atoms with Crippen LogP contribution >= 0.6 is 0 Å². The number of imide groups is 1. The van der Waals surface area contributed by atoms with Crippen molar-refractivity contribution in [3.8, 4) is 0 Å². The summed E-state index contributed by atoms with van der Waals surface area (Å²) < 4.78 is 4.72. The van der Waals surface area contributed by atoms with Crippen molar-refractivity contribution in [2.45, 2.75) is 27.2 Å². The number of ether oxygens (including phenoxy) is 1. The van der Waals surface area contributed by atoms with Crippen LogP contribution < -0.4 is 0 Å². The molecule has 0 saturated carbocycles. The number of hydrogen-bond acceptors (Lipinski definition) is 5. The van der Waals surface area contributed by atoms with E-state index in [1.54, 1.807) is 6.92 Å². The molecular weight excluding hydrogens is 242 g/mol. The van der Waals surface area contributed by atoms with Crippen LogP contribution in [0.5, 0.6) is 0 Å².